The summed E-state index contributed by atoms with van der Waals surface area (Å²) in [7, 11) is 0. The average Bonchev–Trinajstić information content (AvgIpc) is 2.68. The van der Waals surface area contributed by atoms with Crippen molar-refractivity contribution in [3.63, 3.8) is 0 Å². The molecule has 0 aromatic carbocycles. The molecule has 1 heterocycles. The summed E-state index contributed by atoms with van der Waals surface area (Å²) >= 11 is 7.37. The first-order chi connectivity index (χ1) is 7.67. The van der Waals surface area contributed by atoms with Gasteiger partial charge in [0.25, 0.3) is 0 Å². The van der Waals surface area contributed by atoms with Crippen molar-refractivity contribution in [2.45, 2.75) is 26.3 Å². The van der Waals surface area contributed by atoms with Gasteiger partial charge in [0, 0.05) is 17.8 Å². The number of thiophene rings is 1. The quantitative estimate of drug-likeness (QED) is 0.854. The second-order valence-electron chi connectivity index (χ2n) is 3.51. The number of hydrogen-bond acceptors (Lipinski definition) is 3. The third-order valence-corrected chi connectivity index (χ3v) is 3.52. The maximum atomic E-state index is 11.8. The van der Waals surface area contributed by atoms with Crippen LogP contribution in [0.3, 0.4) is 0 Å². The van der Waals surface area contributed by atoms with E-state index < -0.39 is 0 Å². The molecule has 16 heavy (non-hydrogen) atoms. The first kappa shape index (κ1) is 13.5. The molecule has 1 rings (SSSR count). The maximum absolute atomic E-state index is 11.8. The lowest BCUT2D eigenvalue weighted by Crippen LogP contribution is -2.30. The lowest BCUT2D eigenvalue weighted by molar-refractivity contribution is -0.131. The van der Waals surface area contributed by atoms with E-state index in [1.165, 1.54) is 11.3 Å². The van der Waals surface area contributed by atoms with Gasteiger partial charge in [-0.25, -0.2) is 0 Å². The molecule has 5 heteroatoms. The van der Waals surface area contributed by atoms with Crippen molar-refractivity contribution in [3.05, 3.63) is 21.3 Å². The Morgan fingerprint density at radius 1 is 1.56 bits per heavy atom. The Bertz CT molecular complexity index is 340. The third-order valence-electron chi connectivity index (χ3n) is 2.30. The fourth-order valence-electron chi connectivity index (χ4n) is 1.41. The van der Waals surface area contributed by atoms with Gasteiger partial charge in [-0.3, -0.25) is 4.79 Å². The van der Waals surface area contributed by atoms with E-state index in [9.17, 15) is 4.79 Å². The summed E-state index contributed by atoms with van der Waals surface area (Å²) in [5.41, 5.74) is 5.39. The fraction of sp³-hybridized carbons (Fsp3) is 0.545. The minimum Gasteiger partial charge on any atom is -0.338 e. The van der Waals surface area contributed by atoms with Gasteiger partial charge in [-0.2, -0.15) is 0 Å². The van der Waals surface area contributed by atoms with E-state index in [0.29, 0.717) is 19.5 Å². The van der Waals surface area contributed by atoms with Gasteiger partial charge in [0.1, 0.15) is 0 Å². The molecular formula is C11H17ClN2OS. The standard InChI is InChI=1S/C11H17ClN2OS/c1-2-14(11(15)4-3-7-13)8-9-5-6-10(12)16-9/h5-6H,2-4,7-8,13H2,1H3. The van der Waals surface area contributed by atoms with Gasteiger partial charge in [0.2, 0.25) is 5.91 Å². The molecule has 0 aliphatic rings. The predicted molar refractivity (Wildman–Crippen MR) is 68.7 cm³/mol. The largest absolute Gasteiger partial charge is 0.338 e. The molecule has 0 fully saturated rings. The molecular weight excluding hydrogens is 244 g/mol. The van der Waals surface area contributed by atoms with Crippen LogP contribution in [0.15, 0.2) is 12.1 Å². The number of carbonyl (C=O) groups excluding carboxylic acids is 1. The van der Waals surface area contributed by atoms with Crippen LogP contribution in [0, 0.1) is 0 Å². The van der Waals surface area contributed by atoms with Crippen LogP contribution in [0.4, 0.5) is 0 Å². The highest BCUT2D eigenvalue weighted by atomic mass is 35.5. The van der Waals surface area contributed by atoms with Crippen LogP contribution < -0.4 is 5.73 Å². The Balaban J connectivity index is 2.51. The number of carbonyl (C=O) groups is 1. The molecule has 1 aromatic heterocycles. The second-order valence-corrected chi connectivity index (χ2v) is 5.31. The van der Waals surface area contributed by atoms with Gasteiger partial charge < -0.3 is 10.6 Å². The molecule has 0 aliphatic heterocycles. The van der Waals surface area contributed by atoms with Crippen LogP contribution in [0.2, 0.25) is 4.34 Å². The number of nitrogens with zero attached hydrogens (tertiary/aromatic N) is 1. The molecule has 1 amide bonds. The molecule has 0 unspecified atom stereocenters. The minimum atomic E-state index is 0.164. The van der Waals surface area contributed by atoms with E-state index in [4.69, 9.17) is 17.3 Å². The maximum Gasteiger partial charge on any atom is 0.222 e. The molecule has 0 saturated carbocycles. The molecule has 0 bridgehead atoms. The van der Waals surface area contributed by atoms with E-state index in [2.05, 4.69) is 0 Å². The van der Waals surface area contributed by atoms with Crippen LogP contribution in [0.5, 0.6) is 0 Å². The average molecular weight is 261 g/mol. The summed E-state index contributed by atoms with van der Waals surface area (Å²) < 4.78 is 0.764. The zero-order valence-corrected chi connectivity index (χ0v) is 11.0. The normalized spacial score (nSPS) is 10.4. The molecule has 2 N–H and O–H groups in total. The number of nitrogens with two attached hydrogens (primary N) is 1. The summed E-state index contributed by atoms with van der Waals surface area (Å²) in [5.74, 6) is 0.164. The molecule has 0 spiro atoms. The van der Waals surface area contributed by atoms with Crippen molar-refractivity contribution in [1.29, 1.82) is 0 Å². The smallest absolute Gasteiger partial charge is 0.222 e. The zero-order chi connectivity index (χ0) is 12.0. The van der Waals surface area contributed by atoms with Crippen molar-refractivity contribution < 1.29 is 4.79 Å². The van der Waals surface area contributed by atoms with E-state index >= 15 is 0 Å². The Hall–Kier alpha value is -0.580. The Morgan fingerprint density at radius 3 is 2.81 bits per heavy atom. The topological polar surface area (TPSA) is 46.3 Å². The summed E-state index contributed by atoms with van der Waals surface area (Å²) in [6.45, 7) is 3.92. The summed E-state index contributed by atoms with van der Waals surface area (Å²) in [6, 6.07) is 3.83. The van der Waals surface area contributed by atoms with Crippen molar-refractivity contribution in [1.82, 2.24) is 4.90 Å². The molecule has 1 aromatic rings. The van der Waals surface area contributed by atoms with Crippen LogP contribution in [-0.2, 0) is 11.3 Å². The van der Waals surface area contributed by atoms with Gasteiger partial charge in [-0.15, -0.1) is 11.3 Å². The monoisotopic (exact) mass is 260 g/mol. The van der Waals surface area contributed by atoms with Crippen molar-refractivity contribution in [2.24, 2.45) is 5.73 Å². The van der Waals surface area contributed by atoms with Crippen LogP contribution in [-0.4, -0.2) is 23.9 Å². The van der Waals surface area contributed by atoms with Crippen molar-refractivity contribution in [3.8, 4) is 0 Å². The first-order valence-corrected chi connectivity index (χ1v) is 6.59. The number of amides is 1. The highest BCUT2D eigenvalue weighted by Crippen LogP contribution is 2.22. The molecule has 0 radical (unpaired) electrons. The second kappa shape index (κ2) is 6.89. The number of hydrogen-bond donors (Lipinski definition) is 1. The fourth-order valence-corrected chi connectivity index (χ4v) is 2.52. The van der Waals surface area contributed by atoms with E-state index in [-0.39, 0.29) is 5.91 Å². The summed E-state index contributed by atoms with van der Waals surface area (Å²) in [6.07, 6.45) is 1.28. The van der Waals surface area contributed by atoms with Gasteiger partial charge in [-0.1, -0.05) is 11.6 Å². The van der Waals surface area contributed by atoms with Gasteiger partial charge >= 0.3 is 0 Å². The van der Waals surface area contributed by atoms with E-state index in [1.54, 1.807) is 0 Å². The van der Waals surface area contributed by atoms with E-state index in [0.717, 1.165) is 22.2 Å². The van der Waals surface area contributed by atoms with E-state index in [1.807, 2.05) is 24.0 Å². The highest BCUT2D eigenvalue weighted by Gasteiger charge is 2.12. The molecule has 0 saturated heterocycles. The SMILES string of the molecule is CCN(Cc1ccc(Cl)s1)C(=O)CCCN. The van der Waals surface area contributed by atoms with Crippen molar-refractivity contribution in [2.75, 3.05) is 13.1 Å². The predicted octanol–water partition coefficient (Wildman–Crippen LogP) is 2.49. The molecule has 3 nitrogen and oxygen atoms in total. The molecule has 0 atom stereocenters. The Morgan fingerprint density at radius 2 is 2.31 bits per heavy atom. The van der Waals surface area contributed by atoms with Crippen LogP contribution in [0.25, 0.3) is 0 Å². The van der Waals surface area contributed by atoms with Crippen molar-refractivity contribution >= 4 is 28.8 Å². The lowest BCUT2D eigenvalue weighted by atomic mass is 10.2. The molecule has 0 aliphatic carbocycles. The number of halogens is 1. The van der Waals surface area contributed by atoms with Crippen LogP contribution in [0.1, 0.15) is 24.6 Å². The molecule has 90 valence electrons. The third kappa shape index (κ3) is 4.12. The number of rotatable bonds is 6. The van der Waals surface area contributed by atoms with Gasteiger partial charge in [0.05, 0.1) is 10.9 Å². The van der Waals surface area contributed by atoms with Gasteiger partial charge in [-0.05, 0) is 32.0 Å². The first-order valence-electron chi connectivity index (χ1n) is 5.39. The summed E-state index contributed by atoms with van der Waals surface area (Å²) in [5, 5.41) is 0. The summed E-state index contributed by atoms with van der Waals surface area (Å²) in [4.78, 5) is 14.7. The lowest BCUT2D eigenvalue weighted by Gasteiger charge is -2.19. The zero-order valence-electron chi connectivity index (χ0n) is 9.41. The van der Waals surface area contributed by atoms with Crippen LogP contribution >= 0.6 is 22.9 Å². The van der Waals surface area contributed by atoms with Gasteiger partial charge in [0.15, 0.2) is 0 Å². The Labute approximate surface area is 105 Å². The highest BCUT2D eigenvalue weighted by molar-refractivity contribution is 7.16. The Kier molecular flexibility index (Phi) is 5.80. The minimum absolute atomic E-state index is 0.164.